The fourth-order valence-corrected chi connectivity index (χ4v) is 2.87. The lowest BCUT2D eigenvalue weighted by Crippen LogP contribution is -2.37. The van der Waals surface area contributed by atoms with E-state index in [1.54, 1.807) is 6.07 Å². The van der Waals surface area contributed by atoms with Gasteiger partial charge in [-0.3, -0.25) is 0 Å². The van der Waals surface area contributed by atoms with Crippen LogP contribution in [0.15, 0.2) is 22.7 Å². The van der Waals surface area contributed by atoms with Crippen LogP contribution in [-0.2, 0) is 0 Å². The van der Waals surface area contributed by atoms with Crippen molar-refractivity contribution in [2.45, 2.75) is 32.2 Å². The van der Waals surface area contributed by atoms with Gasteiger partial charge in [-0.2, -0.15) is 0 Å². The summed E-state index contributed by atoms with van der Waals surface area (Å²) < 4.78 is 0.653. The summed E-state index contributed by atoms with van der Waals surface area (Å²) in [6.45, 7) is 3.28. The highest BCUT2D eigenvalue weighted by Gasteiger charge is 2.19. The van der Waals surface area contributed by atoms with E-state index >= 15 is 0 Å². The van der Waals surface area contributed by atoms with Gasteiger partial charge in [-0.05, 0) is 60.3 Å². The van der Waals surface area contributed by atoms with E-state index in [1.807, 2.05) is 12.1 Å². The molecule has 1 aliphatic heterocycles. The summed E-state index contributed by atoms with van der Waals surface area (Å²) in [5, 5.41) is 8.98. The van der Waals surface area contributed by atoms with Crippen LogP contribution < -0.4 is 4.90 Å². The number of carboxylic acids is 1. The molecule has 4 heteroatoms. The summed E-state index contributed by atoms with van der Waals surface area (Å²) in [5.41, 5.74) is 1.42. The number of carboxylic acid groups (broad SMARTS) is 1. The van der Waals surface area contributed by atoms with Gasteiger partial charge in [0.15, 0.2) is 0 Å². The molecular weight excluding hydrogens is 282 g/mol. The molecule has 0 amide bonds. The highest BCUT2D eigenvalue weighted by molar-refractivity contribution is 9.10. The summed E-state index contributed by atoms with van der Waals surface area (Å²) in [4.78, 5) is 13.3. The third-order valence-electron chi connectivity index (χ3n) is 3.32. The van der Waals surface area contributed by atoms with Crippen molar-refractivity contribution in [3.63, 3.8) is 0 Å². The van der Waals surface area contributed by atoms with Crippen LogP contribution in [0.25, 0.3) is 0 Å². The Balaban J connectivity index is 2.27. The lowest BCUT2D eigenvalue weighted by Gasteiger charge is -2.35. The van der Waals surface area contributed by atoms with E-state index in [-0.39, 0.29) is 0 Å². The Morgan fingerprint density at radius 3 is 2.82 bits per heavy atom. The van der Waals surface area contributed by atoms with E-state index in [2.05, 4.69) is 27.8 Å². The van der Waals surface area contributed by atoms with E-state index in [4.69, 9.17) is 5.11 Å². The lowest BCUT2D eigenvalue weighted by molar-refractivity contribution is 0.0696. The summed E-state index contributed by atoms with van der Waals surface area (Å²) in [6.07, 6.45) is 3.70. The van der Waals surface area contributed by atoms with Gasteiger partial charge in [0.1, 0.15) is 0 Å². The van der Waals surface area contributed by atoms with Crippen LogP contribution in [0.4, 0.5) is 5.69 Å². The smallest absolute Gasteiger partial charge is 0.336 e. The number of anilines is 1. The quantitative estimate of drug-likeness (QED) is 0.908. The number of rotatable bonds is 2. The highest BCUT2D eigenvalue weighted by Crippen LogP contribution is 2.28. The third-order valence-corrected chi connectivity index (χ3v) is 3.97. The third kappa shape index (κ3) is 2.63. The van der Waals surface area contributed by atoms with Crippen LogP contribution in [0.1, 0.15) is 36.5 Å². The largest absolute Gasteiger partial charge is 0.478 e. The van der Waals surface area contributed by atoms with Gasteiger partial charge in [0.2, 0.25) is 0 Å². The number of piperidine rings is 1. The second-order valence-corrected chi connectivity index (χ2v) is 5.36. The van der Waals surface area contributed by atoms with Crippen molar-refractivity contribution in [2.24, 2.45) is 0 Å². The Morgan fingerprint density at radius 1 is 1.47 bits per heavy atom. The van der Waals surface area contributed by atoms with Crippen molar-refractivity contribution >= 4 is 27.6 Å². The predicted molar refractivity (Wildman–Crippen MR) is 71.8 cm³/mol. The van der Waals surface area contributed by atoms with E-state index in [9.17, 15) is 4.79 Å². The summed E-state index contributed by atoms with van der Waals surface area (Å²) >= 11 is 3.33. The molecule has 2 rings (SSSR count). The number of hydrogen-bond acceptors (Lipinski definition) is 2. The Hall–Kier alpha value is -1.03. The normalized spacial score (nSPS) is 20.4. The molecule has 0 radical (unpaired) electrons. The van der Waals surface area contributed by atoms with Crippen LogP contribution in [0.2, 0.25) is 0 Å². The summed E-state index contributed by atoms with van der Waals surface area (Å²) in [6, 6.07) is 6.01. The molecule has 1 fully saturated rings. The molecule has 92 valence electrons. The average molecular weight is 298 g/mol. The predicted octanol–water partition coefficient (Wildman–Crippen LogP) is 3.53. The number of benzene rings is 1. The Bertz CT molecular complexity index is 433. The van der Waals surface area contributed by atoms with Gasteiger partial charge >= 0.3 is 5.97 Å². The first kappa shape index (κ1) is 12.4. The summed E-state index contributed by atoms with van der Waals surface area (Å²) in [5.74, 6) is -0.893. The summed E-state index contributed by atoms with van der Waals surface area (Å²) in [7, 11) is 0. The van der Waals surface area contributed by atoms with Crippen molar-refractivity contribution in [3.05, 3.63) is 28.2 Å². The SMILES string of the molecule is CC1CCCCN1c1ccc(C(=O)O)c(Br)c1. The highest BCUT2D eigenvalue weighted by atomic mass is 79.9. The molecule has 0 spiro atoms. The zero-order valence-corrected chi connectivity index (χ0v) is 11.4. The fourth-order valence-electron chi connectivity index (χ4n) is 2.34. The average Bonchev–Trinajstić information content (AvgIpc) is 2.29. The molecule has 1 N–H and O–H groups in total. The number of carbonyl (C=O) groups is 1. The first-order valence-electron chi connectivity index (χ1n) is 5.89. The molecule has 1 saturated heterocycles. The minimum Gasteiger partial charge on any atom is -0.478 e. The van der Waals surface area contributed by atoms with Crippen molar-refractivity contribution in [1.82, 2.24) is 0 Å². The molecule has 17 heavy (non-hydrogen) atoms. The number of halogens is 1. The van der Waals surface area contributed by atoms with Crippen LogP contribution >= 0.6 is 15.9 Å². The molecule has 0 aromatic heterocycles. The van der Waals surface area contributed by atoms with E-state index in [0.29, 0.717) is 16.1 Å². The molecule has 0 bridgehead atoms. The molecule has 1 aliphatic rings. The van der Waals surface area contributed by atoms with Gasteiger partial charge in [0.05, 0.1) is 5.56 Å². The Morgan fingerprint density at radius 2 is 2.24 bits per heavy atom. The first-order chi connectivity index (χ1) is 8.09. The molecule has 1 heterocycles. The molecule has 3 nitrogen and oxygen atoms in total. The maximum Gasteiger partial charge on any atom is 0.336 e. The number of aromatic carboxylic acids is 1. The van der Waals surface area contributed by atoms with Gasteiger partial charge in [-0.25, -0.2) is 4.79 Å². The van der Waals surface area contributed by atoms with Crippen molar-refractivity contribution < 1.29 is 9.90 Å². The van der Waals surface area contributed by atoms with Gasteiger partial charge in [-0.15, -0.1) is 0 Å². The van der Waals surface area contributed by atoms with Gasteiger partial charge in [-0.1, -0.05) is 0 Å². The van der Waals surface area contributed by atoms with Crippen LogP contribution in [0, 0.1) is 0 Å². The van der Waals surface area contributed by atoms with E-state index in [1.165, 1.54) is 19.3 Å². The van der Waals surface area contributed by atoms with Gasteiger partial charge in [0, 0.05) is 22.7 Å². The standard InChI is InChI=1S/C13H16BrNO2/c1-9-4-2-3-7-15(9)10-5-6-11(13(16)17)12(14)8-10/h5-6,8-9H,2-4,7H2,1H3,(H,16,17). The maximum absolute atomic E-state index is 10.9. The molecule has 1 aromatic rings. The van der Waals surface area contributed by atoms with Crippen LogP contribution in [0.5, 0.6) is 0 Å². The molecule has 0 saturated carbocycles. The fraction of sp³-hybridized carbons (Fsp3) is 0.462. The molecule has 1 aromatic carbocycles. The Labute approximate surface area is 110 Å². The number of hydrogen-bond donors (Lipinski definition) is 1. The Kier molecular flexibility index (Phi) is 3.72. The minimum atomic E-state index is -0.893. The van der Waals surface area contributed by atoms with E-state index < -0.39 is 5.97 Å². The van der Waals surface area contributed by atoms with Gasteiger partial charge in [0.25, 0.3) is 0 Å². The van der Waals surface area contributed by atoms with Crippen LogP contribution in [-0.4, -0.2) is 23.7 Å². The van der Waals surface area contributed by atoms with Crippen molar-refractivity contribution in [1.29, 1.82) is 0 Å². The lowest BCUT2D eigenvalue weighted by atomic mass is 10.0. The monoisotopic (exact) mass is 297 g/mol. The minimum absolute atomic E-state index is 0.318. The molecule has 1 unspecified atom stereocenters. The zero-order valence-electron chi connectivity index (χ0n) is 9.82. The maximum atomic E-state index is 10.9. The molecular formula is C13H16BrNO2. The molecule has 1 atom stereocenters. The van der Waals surface area contributed by atoms with E-state index in [0.717, 1.165) is 12.2 Å². The topological polar surface area (TPSA) is 40.5 Å². The van der Waals surface area contributed by atoms with Crippen LogP contribution in [0.3, 0.4) is 0 Å². The van der Waals surface area contributed by atoms with Crippen molar-refractivity contribution in [2.75, 3.05) is 11.4 Å². The molecule has 0 aliphatic carbocycles. The van der Waals surface area contributed by atoms with Crippen molar-refractivity contribution in [3.8, 4) is 0 Å². The zero-order chi connectivity index (χ0) is 12.4. The van der Waals surface area contributed by atoms with Gasteiger partial charge < -0.3 is 10.0 Å². The second kappa shape index (κ2) is 5.08. The first-order valence-corrected chi connectivity index (χ1v) is 6.68. The second-order valence-electron chi connectivity index (χ2n) is 4.51. The number of nitrogens with zero attached hydrogens (tertiary/aromatic N) is 1.